The van der Waals surface area contributed by atoms with Gasteiger partial charge in [0.05, 0.1) is 0 Å². The number of nitrogens with zero attached hydrogens (tertiary/aromatic N) is 2. The van der Waals surface area contributed by atoms with Gasteiger partial charge in [-0.05, 0) is 31.1 Å². The fourth-order valence-electron chi connectivity index (χ4n) is 1.79. The number of rotatable bonds is 4. The van der Waals surface area contributed by atoms with Crippen molar-refractivity contribution in [2.75, 3.05) is 13.2 Å². The highest BCUT2D eigenvalue weighted by atomic mass is 16.5. The maximum Gasteiger partial charge on any atom is 0.286 e. The molecule has 0 spiro atoms. The molecule has 4 heteroatoms. The number of nitriles is 2. The maximum atomic E-state index is 8.19. The molecule has 1 aliphatic rings. The molecule has 0 aromatic rings. The number of hydrogen-bond acceptors (Lipinski definition) is 4. The van der Waals surface area contributed by atoms with E-state index in [2.05, 4.69) is 9.47 Å². The van der Waals surface area contributed by atoms with Crippen LogP contribution in [0.4, 0.5) is 0 Å². The summed E-state index contributed by atoms with van der Waals surface area (Å²) in [7, 11) is 0. The molecule has 2 atom stereocenters. The summed E-state index contributed by atoms with van der Waals surface area (Å²) in [6.07, 6.45) is 6.48. The monoisotopic (exact) mass is 180 g/mol. The third-order valence-corrected chi connectivity index (χ3v) is 2.42. The summed E-state index contributed by atoms with van der Waals surface area (Å²) in [4.78, 5) is 0. The highest BCUT2D eigenvalue weighted by Crippen LogP contribution is 2.30. The minimum absolute atomic E-state index is 0.465. The van der Waals surface area contributed by atoms with Crippen molar-refractivity contribution in [2.45, 2.75) is 19.3 Å². The van der Waals surface area contributed by atoms with Gasteiger partial charge in [-0.25, -0.2) is 0 Å². The van der Waals surface area contributed by atoms with E-state index in [0.29, 0.717) is 25.0 Å². The minimum atomic E-state index is 0.465. The van der Waals surface area contributed by atoms with Crippen molar-refractivity contribution in [1.29, 1.82) is 10.5 Å². The molecule has 1 aliphatic carbocycles. The third-order valence-electron chi connectivity index (χ3n) is 2.42. The molecule has 70 valence electrons. The molecular formula is C9H12N2O2. The zero-order chi connectivity index (χ0) is 9.52. The lowest BCUT2D eigenvalue weighted by molar-refractivity contribution is 0.189. The third kappa shape index (κ3) is 3.21. The van der Waals surface area contributed by atoms with Crippen LogP contribution in [0.15, 0.2) is 0 Å². The highest BCUT2D eigenvalue weighted by Gasteiger charge is 2.25. The summed E-state index contributed by atoms with van der Waals surface area (Å²) in [5, 5.41) is 16.4. The Kier molecular flexibility index (Phi) is 3.92. The van der Waals surface area contributed by atoms with E-state index in [1.807, 2.05) is 0 Å². The van der Waals surface area contributed by atoms with E-state index >= 15 is 0 Å². The summed E-state index contributed by atoms with van der Waals surface area (Å²) >= 11 is 0. The van der Waals surface area contributed by atoms with Gasteiger partial charge >= 0.3 is 0 Å². The molecule has 0 aromatic carbocycles. The minimum Gasteiger partial charge on any atom is -0.427 e. The fourth-order valence-corrected chi connectivity index (χ4v) is 1.79. The zero-order valence-electron chi connectivity index (χ0n) is 7.40. The molecule has 0 saturated heterocycles. The van der Waals surface area contributed by atoms with Crippen LogP contribution in [-0.4, -0.2) is 13.2 Å². The molecule has 13 heavy (non-hydrogen) atoms. The van der Waals surface area contributed by atoms with E-state index in [-0.39, 0.29) is 0 Å². The lowest BCUT2D eigenvalue weighted by Crippen LogP contribution is -2.06. The SMILES string of the molecule is N#COCC1CCC(COC#N)C1. The molecule has 0 heterocycles. The van der Waals surface area contributed by atoms with Crippen molar-refractivity contribution in [2.24, 2.45) is 11.8 Å². The Bertz CT molecular complexity index is 205. The van der Waals surface area contributed by atoms with Gasteiger partial charge in [0.25, 0.3) is 12.5 Å². The van der Waals surface area contributed by atoms with E-state index in [0.717, 1.165) is 19.3 Å². The Balaban J connectivity index is 2.14. The van der Waals surface area contributed by atoms with Crippen LogP contribution in [-0.2, 0) is 9.47 Å². The van der Waals surface area contributed by atoms with Crippen LogP contribution in [0.25, 0.3) is 0 Å². The van der Waals surface area contributed by atoms with Crippen LogP contribution in [0.3, 0.4) is 0 Å². The average Bonchev–Trinajstić information content (AvgIpc) is 2.59. The first-order valence-electron chi connectivity index (χ1n) is 4.38. The molecule has 0 bridgehead atoms. The fraction of sp³-hybridized carbons (Fsp3) is 0.778. The van der Waals surface area contributed by atoms with Crippen LogP contribution in [0.1, 0.15) is 19.3 Å². The largest absolute Gasteiger partial charge is 0.427 e. The Hall–Kier alpha value is -1.42. The van der Waals surface area contributed by atoms with Gasteiger partial charge in [-0.15, -0.1) is 0 Å². The summed E-state index contributed by atoms with van der Waals surface area (Å²) in [5.41, 5.74) is 0. The van der Waals surface area contributed by atoms with Gasteiger partial charge in [0.1, 0.15) is 13.2 Å². The highest BCUT2D eigenvalue weighted by molar-refractivity contribution is 4.76. The Labute approximate surface area is 77.7 Å². The Morgan fingerprint density at radius 1 is 1.00 bits per heavy atom. The second-order valence-electron chi connectivity index (χ2n) is 3.35. The van der Waals surface area contributed by atoms with Gasteiger partial charge < -0.3 is 9.47 Å². The number of ether oxygens (including phenoxy) is 2. The molecular weight excluding hydrogens is 168 g/mol. The van der Waals surface area contributed by atoms with Crippen LogP contribution in [0.2, 0.25) is 0 Å². The molecule has 2 unspecified atom stereocenters. The first kappa shape index (κ1) is 9.67. The van der Waals surface area contributed by atoms with Crippen LogP contribution in [0, 0.1) is 34.9 Å². The molecule has 0 aliphatic heterocycles. The normalized spacial score (nSPS) is 26.0. The van der Waals surface area contributed by atoms with E-state index in [1.165, 1.54) is 0 Å². The van der Waals surface area contributed by atoms with Crippen LogP contribution >= 0.6 is 0 Å². The number of hydrogen-bond donors (Lipinski definition) is 0. The van der Waals surface area contributed by atoms with Gasteiger partial charge in [0.15, 0.2) is 0 Å². The van der Waals surface area contributed by atoms with Crippen LogP contribution < -0.4 is 0 Å². The van der Waals surface area contributed by atoms with Gasteiger partial charge in [-0.3, -0.25) is 0 Å². The second kappa shape index (κ2) is 5.27. The Morgan fingerprint density at radius 2 is 1.46 bits per heavy atom. The molecule has 0 aromatic heterocycles. The molecule has 0 N–H and O–H groups in total. The van der Waals surface area contributed by atoms with Gasteiger partial charge in [-0.2, -0.15) is 10.5 Å². The summed E-state index contributed by atoms with van der Waals surface area (Å²) in [6, 6.07) is 0. The first-order chi connectivity index (χ1) is 6.36. The lowest BCUT2D eigenvalue weighted by Gasteiger charge is -2.07. The van der Waals surface area contributed by atoms with Crippen molar-refractivity contribution in [3.8, 4) is 12.5 Å². The molecule has 1 saturated carbocycles. The van der Waals surface area contributed by atoms with Gasteiger partial charge in [-0.1, -0.05) is 0 Å². The van der Waals surface area contributed by atoms with Crippen molar-refractivity contribution in [1.82, 2.24) is 0 Å². The first-order valence-corrected chi connectivity index (χ1v) is 4.38. The summed E-state index contributed by atoms with van der Waals surface area (Å²) < 4.78 is 9.34. The van der Waals surface area contributed by atoms with E-state index < -0.39 is 0 Å². The van der Waals surface area contributed by atoms with E-state index in [9.17, 15) is 0 Å². The standard InChI is InChI=1S/C9H12N2O2/c10-6-12-4-8-1-2-9(3-8)5-13-7-11/h8-9H,1-5H2. The van der Waals surface area contributed by atoms with Crippen LogP contribution in [0.5, 0.6) is 0 Å². The summed E-state index contributed by atoms with van der Waals surface area (Å²) in [5.74, 6) is 0.930. The van der Waals surface area contributed by atoms with E-state index in [4.69, 9.17) is 10.5 Å². The predicted molar refractivity (Wildman–Crippen MR) is 44.0 cm³/mol. The molecule has 1 fully saturated rings. The topological polar surface area (TPSA) is 66.0 Å². The van der Waals surface area contributed by atoms with Crippen molar-refractivity contribution in [3.05, 3.63) is 0 Å². The molecule has 0 radical (unpaired) electrons. The Morgan fingerprint density at radius 3 is 1.85 bits per heavy atom. The lowest BCUT2D eigenvalue weighted by atomic mass is 10.1. The molecule has 1 rings (SSSR count). The molecule has 0 amide bonds. The maximum absolute atomic E-state index is 8.19. The molecule has 4 nitrogen and oxygen atoms in total. The van der Waals surface area contributed by atoms with Gasteiger partial charge in [0, 0.05) is 0 Å². The smallest absolute Gasteiger partial charge is 0.286 e. The van der Waals surface area contributed by atoms with Gasteiger partial charge in [0.2, 0.25) is 0 Å². The van der Waals surface area contributed by atoms with Crippen molar-refractivity contribution in [3.63, 3.8) is 0 Å². The summed E-state index contributed by atoms with van der Waals surface area (Å²) in [6.45, 7) is 1.03. The quantitative estimate of drug-likeness (QED) is 0.613. The zero-order valence-corrected chi connectivity index (χ0v) is 7.40. The predicted octanol–water partition coefficient (Wildman–Crippen LogP) is 1.40. The van der Waals surface area contributed by atoms with Crippen molar-refractivity contribution >= 4 is 0 Å². The van der Waals surface area contributed by atoms with Crippen molar-refractivity contribution < 1.29 is 9.47 Å². The second-order valence-corrected chi connectivity index (χ2v) is 3.35. The van der Waals surface area contributed by atoms with E-state index in [1.54, 1.807) is 12.5 Å². The average molecular weight is 180 g/mol.